The van der Waals surface area contributed by atoms with Crippen LogP contribution in [0.3, 0.4) is 0 Å². The predicted octanol–water partition coefficient (Wildman–Crippen LogP) is 3.54. The molecule has 0 aromatic carbocycles. The summed E-state index contributed by atoms with van der Waals surface area (Å²) in [6.45, 7) is 0. The predicted molar refractivity (Wildman–Crippen MR) is 84.7 cm³/mol. The second-order valence-electron chi connectivity index (χ2n) is 4.87. The maximum absolute atomic E-state index is 13.0. The van der Waals surface area contributed by atoms with Gasteiger partial charge in [0.25, 0.3) is 0 Å². The molecule has 3 aromatic rings. The summed E-state index contributed by atoms with van der Waals surface area (Å²) in [5.74, 6) is -0.332. The second-order valence-corrected chi connectivity index (χ2v) is 5.94. The van der Waals surface area contributed by atoms with Crippen molar-refractivity contribution in [3.05, 3.63) is 46.3 Å². The molecular weight excluding hydrogens is 360 g/mol. The average Bonchev–Trinajstić information content (AvgIpc) is 3.15. The molecule has 6 nitrogen and oxygen atoms in total. The van der Waals surface area contributed by atoms with Crippen molar-refractivity contribution in [1.29, 1.82) is 0 Å². The molecule has 3 heterocycles. The van der Waals surface area contributed by atoms with Crippen molar-refractivity contribution < 1.29 is 17.6 Å². The van der Waals surface area contributed by atoms with Gasteiger partial charge in [-0.05, 0) is 18.2 Å². The third-order valence-corrected chi connectivity index (χ3v) is 3.78. The molecule has 0 radical (unpaired) electrons. The number of anilines is 1. The van der Waals surface area contributed by atoms with Crippen LogP contribution in [0.5, 0.6) is 0 Å². The van der Waals surface area contributed by atoms with Gasteiger partial charge in [-0.25, -0.2) is 15.4 Å². The van der Waals surface area contributed by atoms with Crippen LogP contribution in [0.1, 0.15) is 10.6 Å². The van der Waals surface area contributed by atoms with Gasteiger partial charge in [0.2, 0.25) is 5.95 Å². The fraction of sp³-hybridized carbons (Fsp3) is 0.143. The van der Waals surface area contributed by atoms with Gasteiger partial charge in [0, 0.05) is 18.8 Å². The Morgan fingerprint density at radius 3 is 2.68 bits per heavy atom. The Hall–Kier alpha value is -2.82. The number of hydrogen-bond acceptors (Lipinski definition) is 6. The Morgan fingerprint density at radius 2 is 2.08 bits per heavy atom. The van der Waals surface area contributed by atoms with Gasteiger partial charge in [-0.3, -0.25) is 4.68 Å². The number of aryl methyl sites for hydroxylation is 1. The van der Waals surface area contributed by atoms with Gasteiger partial charge in [-0.1, -0.05) is 0 Å². The molecule has 0 bridgehead atoms. The third kappa shape index (κ3) is 4.18. The topological polar surface area (TPSA) is 68.0 Å². The Bertz CT molecular complexity index is 914. The quantitative estimate of drug-likeness (QED) is 0.433. The van der Waals surface area contributed by atoms with E-state index in [1.807, 2.05) is 0 Å². The lowest BCUT2D eigenvalue weighted by molar-refractivity contribution is -0.141. The van der Waals surface area contributed by atoms with Gasteiger partial charge in [0.15, 0.2) is 10.8 Å². The van der Waals surface area contributed by atoms with E-state index in [2.05, 4.69) is 25.6 Å². The largest absolute Gasteiger partial charge is 0.433 e. The fourth-order valence-corrected chi connectivity index (χ4v) is 2.50. The van der Waals surface area contributed by atoms with Crippen LogP contribution < -0.4 is 5.43 Å². The van der Waals surface area contributed by atoms with E-state index in [9.17, 15) is 17.6 Å². The van der Waals surface area contributed by atoms with Gasteiger partial charge in [-0.15, -0.1) is 11.3 Å². The molecular formula is C14H10F4N6S. The highest BCUT2D eigenvalue weighted by atomic mass is 32.1. The summed E-state index contributed by atoms with van der Waals surface area (Å²) in [4.78, 5) is 7.91. The van der Waals surface area contributed by atoms with E-state index < -0.39 is 17.0 Å². The lowest BCUT2D eigenvalue weighted by atomic mass is 10.2. The number of nitrogens with one attached hydrogen (secondary N) is 1. The van der Waals surface area contributed by atoms with Gasteiger partial charge in [0.05, 0.1) is 23.0 Å². The first-order valence-electron chi connectivity index (χ1n) is 6.81. The summed E-state index contributed by atoms with van der Waals surface area (Å²) < 4.78 is 53.5. The van der Waals surface area contributed by atoms with Crippen LogP contribution in [-0.2, 0) is 13.2 Å². The molecule has 0 fully saturated rings. The number of halogens is 4. The van der Waals surface area contributed by atoms with E-state index in [-0.39, 0.29) is 11.6 Å². The zero-order valence-corrected chi connectivity index (χ0v) is 13.4. The smallest absolute Gasteiger partial charge is 0.275 e. The van der Waals surface area contributed by atoms with Gasteiger partial charge < -0.3 is 0 Å². The van der Waals surface area contributed by atoms with Crippen LogP contribution in [0.25, 0.3) is 11.3 Å². The van der Waals surface area contributed by atoms with Gasteiger partial charge in [-0.2, -0.15) is 27.8 Å². The highest BCUT2D eigenvalue weighted by Crippen LogP contribution is 2.31. The second kappa shape index (κ2) is 6.59. The Balaban J connectivity index is 1.90. The maximum Gasteiger partial charge on any atom is 0.433 e. The molecule has 3 rings (SSSR count). The van der Waals surface area contributed by atoms with Crippen LogP contribution >= 0.6 is 11.3 Å². The van der Waals surface area contributed by atoms with Crippen molar-refractivity contribution in [3.63, 3.8) is 0 Å². The molecule has 0 aliphatic heterocycles. The molecule has 25 heavy (non-hydrogen) atoms. The normalized spacial score (nSPS) is 12.0. The number of hydrazone groups is 1. The third-order valence-electron chi connectivity index (χ3n) is 2.97. The summed E-state index contributed by atoms with van der Waals surface area (Å²) in [6.07, 6.45) is -0.452. The lowest BCUT2D eigenvalue weighted by Gasteiger charge is -2.09. The standard InChI is InChI=1S/C14H10F4N6S/c1-24-7-8(5-20-24)10-4-11(14(16,17)18)22-13(21-10)23-19-6-9-2-3-12(15)25-9/h2-7H,1H3,(H,21,22,23)/b19-6-. The Morgan fingerprint density at radius 1 is 1.28 bits per heavy atom. The minimum absolute atomic E-state index is 0.0512. The molecule has 0 unspecified atom stereocenters. The number of thiophene rings is 1. The highest BCUT2D eigenvalue weighted by molar-refractivity contribution is 7.12. The van der Waals surface area contributed by atoms with E-state index >= 15 is 0 Å². The summed E-state index contributed by atoms with van der Waals surface area (Å²) in [6, 6.07) is 3.58. The molecule has 0 saturated heterocycles. The van der Waals surface area contributed by atoms with E-state index in [4.69, 9.17) is 0 Å². The molecule has 0 aliphatic rings. The van der Waals surface area contributed by atoms with E-state index in [1.54, 1.807) is 7.05 Å². The zero-order chi connectivity index (χ0) is 18.0. The number of rotatable bonds is 4. The highest BCUT2D eigenvalue weighted by Gasteiger charge is 2.34. The van der Waals surface area contributed by atoms with Gasteiger partial charge in [0.1, 0.15) is 0 Å². The summed E-state index contributed by atoms with van der Waals surface area (Å²) in [5.41, 5.74) is 1.68. The first-order chi connectivity index (χ1) is 11.8. The molecule has 11 heteroatoms. The van der Waals surface area contributed by atoms with Crippen LogP contribution in [-0.4, -0.2) is 26.0 Å². The van der Waals surface area contributed by atoms with Crippen molar-refractivity contribution in [2.24, 2.45) is 12.1 Å². The molecule has 0 spiro atoms. The summed E-state index contributed by atoms with van der Waals surface area (Å²) in [5, 5.41) is 7.26. The number of nitrogens with zero attached hydrogens (tertiary/aromatic N) is 5. The van der Waals surface area contributed by atoms with E-state index in [0.717, 1.165) is 17.4 Å². The lowest BCUT2D eigenvalue weighted by Crippen LogP contribution is -2.11. The monoisotopic (exact) mass is 370 g/mol. The molecule has 0 atom stereocenters. The molecule has 0 amide bonds. The average molecular weight is 370 g/mol. The molecule has 1 N–H and O–H groups in total. The molecule has 130 valence electrons. The minimum atomic E-state index is -4.64. The molecule has 3 aromatic heterocycles. The first kappa shape index (κ1) is 17.0. The van der Waals surface area contributed by atoms with E-state index in [0.29, 0.717) is 10.4 Å². The van der Waals surface area contributed by atoms with Gasteiger partial charge >= 0.3 is 6.18 Å². The first-order valence-corrected chi connectivity index (χ1v) is 7.62. The Kier molecular flexibility index (Phi) is 4.49. The Labute approximate surface area is 142 Å². The van der Waals surface area contributed by atoms with Crippen molar-refractivity contribution in [2.45, 2.75) is 6.18 Å². The zero-order valence-electron chi connectivity index (χ0n) is 12.6. The minimum Gasteiger partial charge on any atom is -0.275 e. The number of alkyl halides is 3. The van der Waals surface area contributed by atoms with E-state index in [1.165, 1.54) is 35.4 Å². The maximum atomic E-state index is 13.0. The van der Waals surface area contributed by atoms with Crippen LogP contribution in [0.4, 0.5) is 23.5 Å². The van der Waals surface area contributed by atoms with Crippen molar-refractivity contribution in [1.82, 2.24) is 19.7 Å². The van der Waals surface area contributed by atoms with Crippen molar-refractivity contribution >= 4 is 23.5 Å². The van der Waals surface area contributed by atoms with Crippen LogP contribution in [0.2, 0.25) is 0 Å². The molecule has 0 saturated carbocycles. The molecule has 0 aliphatic carbocycles. The van der Waals surface area contributed by atoms with Crippen molar-refractivity contribution in [2.75, 3.05) is 5.43 Å². The van der Waals surface area contributed by atoms with Crippen molar-refractivity contribution in [3.8, 4) is 11.3 Å². The fourth-order valence-electron chi connectivity index (χ4n) is 1.90. The SMILES string of the molecule is Cn1cc(-c2cc(C(F)(F)F)nc(N/N=C\c3ccc(F)s3)n2)cn1. The number of hydrogen-bond donors (Lipinski definition) is 1. The van der Waals surface area contributed by atoms with Crippen LogP contribution in [0.15, 0.2) is 35.7 Å². The summed E-state index contributed by atoms with van der Waals surface area (Å²) in [7, 11) is 1.64. The number of aromatic nitrogens is 4. The van der Waals surface area contributed by atoms with Crippen LogP contribution in [0, 0.1) is 5.13 Å². The summed E-state index contributed by atoms with van der Waals surface area (Å²) >= 11 is 0.845.